The lowest BCUT2D eigenvalue weighted by Gasteiger charge is -2.03. The minimum atomic E-state index is 0.0262. The molecule has 0 radical (unpaired) electrons. The number of ether oxygens (including phenoxy) is 2. The quantitative estimate of drug-likeness (QED) is 0.612. The van der Waals surface area contributed by atoms with Crippen LogP contribution in [0.15, 0.2) is 22.6 Å². The molecule has 1 aromatic heterocycles. The topological polar surface area (TPSA) is 52.0 Å². The summed E-state index contributed by atoms with van der Waals surface area (Å²) in [7, 11) is 0. The van der Waals surface area contributed by atoms with E-state index in [1.807, 2.05) is 25.1 Å². The molecule has 1 unspecified atom stereocenters. The highest BCUT2D eigenvalue weighted by molar-refractivity contribution is 6.07. The summed E-state index contributed by atoms with van der Waals surface area (Å²) in [6.45, 7) is 4.87. The van der Waals surface area contributed by atoms with Crippen LogP contribution in [-0.4, -0.2) is 25.1 Å². The Morgan fingerprint density at radius 1 is 1.47 bits per heavy atom. The van der Waals surface area contributed by atoms with Crippen molar-refractivity contribution < 1.29 is 18.7 Å². The number of furan rings is 1. The minimum absolute atomic E-state index is 0.0262. The van der Waals surface area contributed by atoms with Crippen LogP contribution in [0.2, 0.25) is 0 Å². The molecule has 2 heterocycles. The van der Waals surface area contributed by atoms with Crippen LogP contribution in [-0.2, 0) is 11.2 Å². The van der Waals surface area contributed by atoms with Gasteiger partial charge in [-0.15, -0.1) is 0 Å². The van der Waals surface area contributed by atoms with Crippen LogP contribution >= 0.6 is 0 Å². The van der Waals surface area contributed by atoms with Crippen LogP contribution in [0.5, 0.6) is 5.75 Å². The van der Waals surface area contributed by atoms with E-state index in [4.69, 9.17) is 13.9 Å². The summed E-state index contributed by atoms with van der Waals surface area (Å²) >= 11 is 0. The fraction of sp³-hybridized carbons (Fsp3) is 0.400. The molecule has 100 valence electrons. The minimum Gasteiger partial charge on any atom is -0.491 e. The Hall–Kier alpha value is -1.81. The van der Waals surface area contributed by atoms with E-state index in [0.29, 0.717) is 18.6 Å². The first-order valence-electron chi connectivity index (χ1n) is 6.49. The number of Topliss-reactive ketones (excluding diaryl/α,β-unsaturated/α-hetero) is 1. The third kappa shape index (κ3) is 2.36. The Bertz CT molecular complexity index is 622. The van der Waals surface area contributed by atoms with Gasteiger partial charge < -0.3 is 13.9 Å². The number of epoxide rings is 1. The van der Waals surface area contributed by atoms with E-state index >= 15 is 0 Å². The fourth-order valence-electron chi connectivity index (χ4n) is 2.21. The number of carbonyl (C=O) groups excluding carboxylic acids is 1. The molecule has 3 rings (SSSR count). The summed E-state index contributed by atoms with van der Waals surface area (Å²) in [6, 6.07) is 5.58. The van der Waals surface area contributed by atoms with E-state index in [2.05, 4.69) is 0 Å². The summed E-state index contributed by atoms with van der Waals surface area (Å²) in [6.07, 6.45) is 0.925. The highest BCUT2D eigenvalue weighted by Gasteiger charge is 2.23. The number of aryl methyl sites for hydroxylation is 1. The van der Waals surface area contributed by atoms with Crippen molar-refractivity contribution in [3.63, 3.8) is 0 Å². The Morgan fingerprint density at radius 2 is 2.26 bits per heavy atom. The molecule has 4 heteroatoms. The van der Waals surface area contributed by atoms with Crippen molar-refractivity contribution in [2.75, 3.05) is 13.2 Å². The molecular weight excluding hydrogens is 244 g/mol. The average molecular weight is 260 g/mol. The van der Waals surface area contributed by atoms with Gasteiger partial charge in [0.1, 0.15) is 29.8 Å². The second-order valence-electron chi connectivity index (χ2n) is 4.73. The molecule has 2 aromatic rings. The summed E-state index contributed by atoms with van der Waals surface area (Å²) in [5.74, 6) is 1.51. The zero-order valence-corrected chi connectivity index (χ0v) is 11.1. The third-order valence-electron chi connectivity index (χ3n) is 3.24. The molecule has 1 saturated heterocycles. The highest BCUT2D eigenvalue weighted by atomic mass is 16.6. The van der Waals surface area contributed by atoms with Crippen molar-refractivity contribution in [1.29, 1.82) is 0 Å². The predicted octanol–water partition coefficient (Wildman–Crippen LogP) is 2.98. The van der Waals surface area contributed by atoms with Crippen molar-refractivity contribution >= 4 is 16.8 Å². The molecule has 1 aromatic carbocycles. The first-order valence-corrected chi connectivity index (χ1v) is 6.49. The van der Waals surface area contributed by atoms with Crippen molar-refractivity contribution in [3.8, 4) is 5.75 Å². The zero-order chi connectivity index (χ0) is 13.4. The molecule has 1 atom stereocenters. The Morgan fingerprint density at radius 3 is 2.89 bits per heavy atom. The standard InChI is InChI=1S/C15H16O4/c1-3-13-15(9(2)16)12-6-10(4-5-14(12)19-13)17-7-11-8-18-11/h4-6,11H,3,7-8H2,1-2H3. The Balaban J connectivity index is 1.99. The Labute approximate surface area is 111 Å². The lowest BCUT2D eigenvalue weighted by Crippen LogP contribution is -2.03. The molecule has 4 nitrogen and oxygen atoms in total. The molecule has 0 spiro atoms. The summed E-state index contributed by atoms with van der Waals surface area (Å²) in [5.41, 5.74) is 1.41. The summed E-state index contributed by atoms with van der Waals surface area (Å²) in [5, 5.41) is 0.832. The molecule has 0 amide bonds. The summed E-state index contributed by atoms with van der Waals surface area (Å²) in [4.78, 5) is 11.8. The number of carbonyl (C=O) groups is 1. The second kappa shape index (κ2) is 4.70. The van der Waals surface area contributed by atoms with Crippen molar-refractivity contribution in [2.24, 2.45) is 0 Å². The van der Waals surface area contributed by atoms with Crippen molar-refractivity contribution in [2.45, 2.75) is 26.4 Å². The van der Waals surface area contributed by atoms with Gasteiger partial charge in [0.25, 0.3) is 0 Å². The lowest BCUT2D eigenvalue weighted by atomic mass is 10.1. The molecule has 0 aliphatic carbocycles. The number of fused-ring (bicyclic) bond motifs is 1. The van der Waals surface area contributed by atoms with Gasteiger partial charge in [-0.2, -0.15) is 0 Å². The van der Waals surface area contributed by atoms with Gasteiger partial charge in [-0.1, -0.05) is 6.92 Å². The van der Waals surface area contributed by atoms with Crippen LogP contribution in [0, 0.1) is 0 Å². The number of ketones is 1. The maximum atomic E-state index is 11.8. The van der Waals surface area contributed by atoms with E-state index in [0.717, 1.165) is 29.1 Å². The first kappa shape index (κ1) is 12.2. The molecule has 1 aliphatic heterocycles. The number of benzene rings is 1. The monoisotopic (exact) mass is 260 g/mol. The van der Waals surface area contributed by atoms with Crippen LogP contribution in [0.4, 0.5) is 0 Å². The molecule has 1 fully saturated rings. The van der Waals surface area contributed by atoms with Gasteiger partial charge in [-0.25, -0.2) is 0 Å². The van der Waals surface area contributed by atoms with E-state index in [-0.39, 0.29) is 11.9 Å². The SMILES string of the molecule is CCc1oc2ccc(OCC3CO3)cc2c1C(C)=O. The van der Waals surface area contributed by atoms with E-state index in [1.165, 1.54) is 0 Å². The van der Waals surface area contributed by atoms with Gasteiger partial charge in [0.15, 0.2) is 5.78 Å². The summed E-state index contributed by atoms with van der Waals surface area (Å²) < 4.78 is 16.4. The number of hydrogen-bond donors (Lipinski definition) is 0. The van der Waals surface area contributed by atoms with Gasteiger partial charge in [0.05, 0.1) is 12.2 Å². The van der Waals surface area contributed by atoms with Gasteiger partial charge in [-0.05, 0) is 25.1 Å². The molecule has 1 aliphatic rings. The fourth-order valence-corrected chi connectivity index (χ4v) is 2.21. The van der Waals surface area contributed by atoms with Crippen molar-refractivity contribution in [1.82, 2.24) is 0 Å². The predicted molar refractivity (Wildman–Crippen MR) is 70.8 cm³/mol. The second-order valence-corrected chi connectivity index (χ2v) is 4.73. The van der Waals surface area contributed by atoms with E-state index < -0.39 is 0 Å². The van der Waals surface area contributed by atoms with Crippen LogP contribution in [0.25, 0.3) is 11.0 Å². The van der Waals surface area contributed by atoms with E-state index in [9.17, 15) is 4.79 Å². The number of hydrogen-bond acceptors (Lipinski definition) is 4. The molecule has 19 heavy (non-hydrogen) atoms. The van der Waals surface area contributed by atoms with Gasteiger partial charge in [0.2, 0.25) is 0 Å². The smallest absolute Gasteiger partial charge is 0.163 e. The van der Waals surface area contributed by atoms with Crippen LogP contribution in [0.3, 0.4) is 0 Å². The lowest BCUT2D eigenvalue weighted by molar-refractivity contribution is 0.101. The third-order valence-corrected chi connectivity index (χ3v) is 3.24. The Kier molecular flexibility index (Phi) is 3.03. The number of rotatable bonds is 5. The van der Waals surface area contributed by atoms with Gasteiger partial charge in [-0.3, -0.25) is 4.79 Å². The highest BCUT2D eigenvalue weighted by Crippen LogP contribution is 2.30. The molecule has 0 bridgehead atoms. The van der Waals surface area contributed by atoms with Crippen LogP contribution < -0.4 is 4.74 Å². The van der Waals surface area contributed by atoms with Crippen molar-refractivity contribution in [3.05, 3.63) is 29.5 Å². The largest absolute Gasteiger partial charge is 0.491 e. The molecular formula is C15H16O4. The van der Waals surface area contributed by atoms with Crippen LogP contribution in [0.1, 0.15) is 30.0 Å². The maximum Gasteiger partial charge on any atom is 0.163 e. The molecule has 0 saturated carbocycles. The average Bonchev–Trinajstić information content (AvgIpc) is 3.14. The first-order chi connectivity index (χ1) is 9.19. The normalized spacial score (nSPS) is 17.7. The maximum absolute atomic E-state index is 11.8. The van der Waals surface area contributed by atoms with Gasteiger partial charge >= 0.3 is 0 Å². The zero-order valence-electron chi connectivity index (χ0n) is 11.1. The van der Waals surface area contributed by atoms with E-state index in [1.54, 1.807) is 6.92 Å². The van der Waals surface area contributed by atoms with Gasteiger partial charge in [0, 0.05) is 11.8 Å². The molecule has 0 N–H and O–H groups in total.